The summed E-state index contributed by atoms with van der Waals surface area (Å²) < 4.78 is 23.6. The van der Waals surface area contributed by atoms with Gasteiger partial charge in [0, 0.05) is 18.3 Å². The zero-order valence-electron chi connectivity index (χ0n) is 11.7. The molecule has 4 unspecified atom stereocenters. The van der Waals surface area contributed by atoms with E-state index in [0.717, 1.165) is 25.2 Å². The molecule has 0 bridgehead atoms. The third kappa shape index (κ3) is 3.27. The number of sulfone groups is 1. The van der Waals surface area contributed by atoms with Gasteiger partial charge in [0.15, 0.2) is 9.84 Å². The van der Waals surface area contributed by atoms with Gasteiger partial charge < -0.3 is 5.32 Å². The molecule has 0 amide bonds. The van der Waals surface area contributed by atoms with Crippen LogP contribution >= 0.6 is 0 Å². The number of rotatable bonds is 4. The highest BCUT2D eigenvalue weighted by Crippen LogP contribution is 2.31. The molecule has 2 saturated carbocycles. The van der Waals surface area contributed by atoms with Crippen LogP contribution in [-0.2, 0) is 9.84 Å². The average Bonchev–Trinajstić information content (AvgIpc) is 2.78. The van der Waals surface area contributed by atoms with Gasteiger partial charge in [-0.15, -0.1) is 0 Å². The van der Waals surface area contributed by atoms with Gasteiger partial charge in [-0.1, -0.05) is 32.6 Å². The van der Waals surface area contributed by atoms with E-state index in [4.69, 9.17) is 0 Å². The topological polar surface area (TPSA) is 46.2 Å². The van der Waals surface area contributed by atoms with Gasteiger partial charge in [0.25, 0.3) is 0 Å². The Balaban J connectivity index is 1.99. The summed E-state index contributed by atoms with van der Waals surface area (Å²) in [6, 6.07) is 0.758. The summed E-state index contributed by atoms with van der Waals surface area (Å²) in [5.41, 5.74) is 0. The lowest BCUT2D eigenvalue weighted by molar-refractivity contribution is 0.237. The maximum Gasteiger partial charge on any atom is 0.151 e. The van der Waals surface area contributed by atoms with Crippen molar-refractivity contribution >= 4 is 9.84 Å². The summed E-state index contributed by atoms with van der Waals surface area (Å²) in [5.74, 6) is 0.750. The van der Waals surface area contributed by atoms with Crippen molar-refractivity contribution in [2.45, 2.75) is 75.6 Å². The second-order valence-corrected chi connectivity index (χ2v) is 8.40. The van der Waals surface area contributed by atoms with E-state index in [0.29, 0.717) is 6.04 Å². The molecule has 4 atom stereocenters. The van der Waals surface area contributed by atoms with E-state index in [1.54, 1.807) is 0 Å². The van der Waals surface area contributed by atoms with Gasteiger partial charge in [-0.2, -0.15) is 0 Å². The molecule has 0 saturated heterocycles. The number of nitrogens with one attached hydrogen (secondary N) is 1. The molecule has 3 nitrogen and oxygen atoms in total. The predicted octanol–water partition coefficient (Wildman–Crippen LogP) is 2.51. The molecule has 2 aliphatic rings. The molecule has 0 aliphatic heterocycles. The Morgan fingerprint density at radius 3 is 2.33 bits per heavy atom. The highest BCUT2D eigenvalue weighted by atomic mass is 32.2. The minimum atomic E-state index is -2.89. The monoisotopic (exact) mass is 273 g/mol. The molecular formula is C14H27NO2S. The summed E-state index contributed by atoms with van der Waals surface area (Å²) in [4.78, 5) is 0. The largest absolute Gasteiger partial charge is 0.310 e. The van der Waals surface area contributed by atoms with Crippen LogP contribution in [0.15, 0.2) is 0 Å². The lowest BCUT2D eigenvalue weighted by Gasteiger charge is -2.35. The van der Waals surface area contributed by atoms with Gasteiger partial charge in [0.1, 0.15) is 0 Å². The van der Waals surface area contributed by atoms with Crippen LogP contribution in [0.1, 0.15) is 58.3 Å². The Morgan fingerprint density at radius 1 is 1.00 bits per heavy atom. The van der Waals surface area contributed by atoms with Crippen LogP contribution in [0.2, 0.25) is 0 Å². The van der Waals surface area contributed by atoms with Gasteiger partial charge in [0.05, 0.1) is 5.25 Å². The number of hydrogen-bond acceptors (Lipinski definition) is 3. The molecule has 2 fully saturated rings. The average molecular weight is 273 g/mol. The van der Waals surface area contributed by atoms with E-state index in [1.165, 1.54) is 38.4 Å². The van der Waals surface area contributed by atoms with Crippen molar-refractivity contribution in [3.8, 4) is 0 Å². The standard InChI is InChI=1S/C14H27NO2S/c1-3-11-7-4-5-8-12(11)15-13-9-6-10-14(13)18(2,16)17/h11-15H,3-10H2,1-2H3. The molecule has 2 rings (SSSR count). The van der Waals surface area contributed by atoms with Crippen LogP contribution in [0.3, 0.4) is 0 Å². The molecule has 106 valence electrons. The normalized spacial score (nSPS) is 37.9. The lowest BCUT2D eigenvalue weighted by atomic mass is 9.82. The third-order valence-corrected chi connectivity index (χ3v) is 6.53. The van der Waals surface area contributed by atoms with Gasteiger partial charge in [-0.05, 0) is 31.6 Å². The van der Waals surface area contributed by atoms with Crippen LogP contribution in [-0.4, -0.2) is 32.0 Å². The zero-order chi connectivity index (χ0) is 13.2. The fourth-order valence-corrected chi connectivity index (χ4v) is 5.23. The fraction of sp³-hybridized carbons (Fsp3) is 1.00. The van der Waals surface area contributed by atoms with Crippen LogP contribution in [0.4, 0.5) is 0 Å². The highest BCUT2D eigenvalue weighted by Gasteiger charge is 2.37. The molecule has 0 aromatic heterocycles. The smallest absolute Gasteiger partial charge is 0.151 e. The molecule has 0 aromatic rings. The van der Waals surface area contributed by atoms with Crippen molar-refractivity contribution in [2.24, 2.45) is 5.92 Å². The zero-order valence-corrected chi connectivity index (χ0v) is 12.5. The molecule has 4 heteroatoms. The van der Waals surface area contributed by atoms with E-state index in [9.17, 15) is 8.42 Å². The van der Waals surface area contributed by atoms with E-state index < -0.39 is 9.84 Å². The first-order valence-electron chi connectivity index (χ1n) is 7.47. The van der Waals surface area contributed by atoms with Crippen molar-refractivity contribution < 1.29 is 8.42 Å². The van der Waals surface area contributed by atoms with Crippen molar-refractivity contribution in [2.75, 3.05) is 6.26 Å². The number of hydrogen-bond donors (Lipinski definition) is 1. The van der Waals surface area contributed by atoms with Crippen molar-refractivity contribution in [3.63, 3.8) is 0 Å². The van der Waals surface area contributed by atoms with Crippen molar-refractivity contribution in [1.82, 2.24) is 5.32 Å². The Labute approximate surface area is 112 Å². The van der Waals surface area contributed by atoms with Crippen LogP contribution in [0.5, 0.6) is 0 Å². The SMILES string of the molecule is CCC1CCCCC1NC1CCCC1S(C)(=O)=O. The van der Waals surface area contributed by atoms with Crippen LogP contribution in [0.25, 0.3) is 0 Å². The summed E-state index contributed by atoms with van der Waals surface area (Å²) >= 11 is 0. The molecule has 1 N–H and O–H groups in total. The Morgan fingerprint density at radius 2 is 1.67 bits per heavy atom. The van der Waals surface area contributed by atoms with E-state index in [-0.39, 0.29) is 11.3 Å². The second-order valence-electron chi connectivity index (χ2n) is 6.13. The van der Waals surface area contributed by atoms with E-state index >= 15 is 0 Å². The molecule has 0 heterocycles. The second kappa shape index (κ2) is 5.91. The Kier molecular flexibility index (Phi) is 4.70. The van der Waals surface area contributed by atoms with Gasteiger partial charge in [0.2, 0.25) is 0 Å². The molecule has 0 radical (unpaired) electrons. The summed E-state index contributed by atoms with van der Waals surface area (Å²) in [6.45, 7) is 2.26. The first-order valence-corrected chi connectivity index (χ1v) is 9.42. The van der Waals surface area contributed by atoms with Gasteiger partial charge in [-0.3, -0.25) is 0 Å². The molecular weight excluding hydrogens is 246 g/mol. The first-order chi connectivity index (χ1) is 8.52. The quantitative estimate of drug-likeness (QED) is 0.856. The van der Waals surface area contributed by atoms with E-state index in [1.807, 2.05) is 0 Å². The lowest BCUT2D eigenvalue weighted by Crippen LogP contribution is -2.48. The summed E-state index contributed by atoms with van der Waals surface area (Å²) in [6.07, 6.45) is 10.7. The summed E-state index contributed by atoms with van der Waals surface area (Å²) in [7, 11) is -2.89. The summed E-state index contributed by atoms with van der Waals surface area (Å²) in [5, 5.41) is 3.55. The van der Waals surface area contributed by atoms with Crippen molar-refractivity contribution in [3.05, 3.63) is 0 Å². The molecule has 0 aromatic carbocycles. The van der Waals surface area contributed by atoms with Gasteiger partial charge in [-0.25, -0.2) is 8.42 Å². The first kappa shape index (κ1) is 14.3. The maximum atomic E-state index is 11.8. The predicted molar refractivity (Wildman–Crippen MR) is 75.4 cm³/mol. The minimum Gasteiger partial charge on any atom is -0.310 e. The third-order valence-electron chi connectivity index (χ3n) is 4.86. The fourth-order valence-electron chi connectivity index (χ4n) is 3.82. The van der Waals surface area contributed by atoms with Crippen LogP contribution < -0.4 is 5.32 Å². The molecule has 18 heavy (non-hydrogen) atoms. The maximum absolute atomic E-state index is 11.8. The molecule has 2 aliphatic carbocycles. The highest BCUT2D eigenvalue weighted by molar-refractivity contribution is 7.91. The minimum absolute atomic E-state index is 0.142. The van der Waals surface area contributed by atoms with Crippen molar-refractivity contribution in [1.29, 1.82) is 0 Å². The van der Waals surface area contributed by atoms with Gasteiger partial charge >= 0.3 is 0 Å². The Hall–Kier alpha value is -0.0900. The van der Waals surface area contributed by atoms with Crippen LogP contribution in [0, 0.1) is 5.92 Å². The Bertz CT molecular complexity index is 366. The molecule has 0 spiro atoms. The van der Waals surface area contributed by atoms with E-state index in [2.05, 4.69) is 12.2 Å².